The van der Waals surface area contributed by atoms with Crippen LogP contribution in [0.3, 0.4) is 0 Å². The van der Waals surface area contributed by atoms with Crippen LogP contribution in [0.5, 0.6) is 0 Å². The highest BCUT2D eigenvalue weighted by Gasteiger charge is 2.44. The Morgan fingerprint density at radius 1 is 1.17 bits per heavy atom. The molecular weight excluding hydrogens is 442 g/mol. The average molecular weight is 470 g/mol. The number of hydrogen-bond acceptors (Lipinski definition) is 3. The minimum Gasteiger partial charge on any atom is -0.196 e. The SMILES string of the molecule is CC(C)(C)c1ccccc1I.CCC1(S(=O)(=O)OF)CCCCC1. The van der Waals surface area contributed by atoms with Crippen LogP contribution in [-0.4, -0.2) is 13.2 Å². The van der Waals surface area contributed by atoms with Crippen molar-refractivity contribution >= 4 is 32.7 Å². The van der Waals surface area contributed by atoms with Gasteiger partial charge in [0.1, 0.15) is 0 Å². The Kier molecular flexibility index (Phi) is 8.13. The van der Waals surface area contributed by atoms with E-state index in [1.807, 2.05) is 0 Å². The number of hydrogen-bond donors (Lipinski definition) is 0. The third-order valence-corrected chi connectivity index (χ3v) is 7.57. The van der Waals surface area contributed by atoms with Crippen molar-refractivity contribution in [2.24, 2.45) is 0 Å². The van der Waals surface area contributed by atoms with Gasteiger partial charge in [0.2, 0.25) is 0 Å². The smallest absolute Gasteiger partial charge is 0.196 e. The summed E-state index contributed by atoms with van der Waals surface area (Å²) in [6.07, 6.45) is 4.20. The molecule has 6 heteroatoms. The van der Waals surface area contributed by atoms with E-state index >= 15 is 0 Å². The fourth-order valence-electron chi connectivity index (χ4n) is 3.11. The van der Waals surface area contributed by atoms with Gasteiger partial charge < -0.3 is 0 Å². The molecule has 0 aromatic heterocycles. The summed E-state index contributed by atoms with van der Waals surface area (Å²) in [5.74, 6) is 0. The van der Waals surface area contributed by atoms with Crippen LogP contribution in [0.4, 0.5) is 4.53 Å². The van der Waals surface area contributed by atoms with Crippen LogP contribution in [0.1, 0.15) is 71.8 Å². The molecular formula is C18H28FIO3S. The number of halogens is 2. The van der Waals surface area contributed by atoms with Gasteiger partial charge in [0.05, 0.1) is 4.75 Å². The van der Waals surface area contributed by atoms with E-state index in [0.717, 1.165) is 19.3 Å². The van der Waals surface area contributed by atoms with Gasteiger partial charge in [0.25, 0.3) is 0 Å². The second kappa shape index (κ2) is 8.94. The molecule has 24 heavy (non-hydrogen) atoms. The molecule has 3 nitrogen and oxygen atoms in total. The van der Waals surface area contributed by atoms with E-state index in [4.69, 9.17) is 0 Å². The topological polar surface area (TPSA) is 43.4 Å². The first-order valence-electron chi connectivity index (χ1n) is 8.39. The molecule has 0 radical (unpaired) electrons. The molecule has 0 aliphatic heterocycles. The molecule has 0 unspecified atom stereocenters. The lowest BCUT2D eigenvalue weighted by molar-refractivity contribution is -0.00373. The number of rotatable bonds is 3. The van der Waals surface area contributed by atoms with E-state index in [1.165, 1.54) is 9.13 Å². The summed E-state index contributed by atoms with van der Waals surface area (Å²) in [5, 5.41) is 0. The summed E-state index contributed by atoms with van der Waals surface area (Å²) in [5.41, 5.74) is 1.71. The van der Waals surface area contributed by atoms with Gasteiger partial charge in [-0.15, -0.1) is 0 Å². The monoisotopic (exact) mass is 470 g/mol. The lowest BCUT2D eigenvalue weighted by Gasteiger charge is -2.33. The summed E-state index contributed by atoms with van der Waals surface area (Å²) in [6.45, 7) is 8.49. The zero-order valence-corrected chi connectivity index (χ0v) is 17.9. The van der Waals surface area contributed by atoms with Crippen molar-refractivity contribution in [1.82, 2.24) is 0 Å². The highest BCUT2D eigenvalue weighted by Crippen LogP contribution is 2.38. The Labute approximate surface area is 159 Å². The zero-order valence-electron chi connectivity index (χ0n) is 14.9. The van der Waals surface area contributed by atoms with E-state index in [0.29, 0.717) is 19.3 Å². The largest absolute Gasteiger partial charge is 0.303 e. The van der Waals surface area contributed by atoms with Crippen LogP contribution >= 0.6 is 22.6 Å². The van der Waals surface area contributed by atoms with E-state index in [2.05, 4.69) is 72.0 Å². The van der Waals surface area contributed by atoms with Crippen LogP contribution in [-0.2, 0) is 19.9 Å². The summed E-state index contributed by atoms with van der Waals surface area (Å²) >= 11 is 2.39. The second-order valence-corrected chi connectivity index (χ2v) is 10.4. The van der Waals surface area contributed by atoms with Crippen molar-refractivity contribution in [2.75, 3.05) is 0 Å². The van der Waals surface area contributed by atoms with Crippen molar-refractivity contribution in [3.05, 3.63) is 33.4 Å². The van der Waals surface area contributed by atoms with E-state index in [1.54, 1.807) is 6.92 Å². The summed E-state index contributed by atoms with van der Waals surface area (Å²) in [4.78, 5) is 0. The highest BCUT2D eigenvalue weighted by molar-refractivity contribution is 14.1. The summed E-state index contributed by atoms with van der Waals surface area (Å²) < 4.78 is 38.1. The first-order chi connectivity index (χ1) is 11.1. The van der Waals surface area contributed by atoms with Gasteiger partial charge in [-0.1, -0.05) is 69.5 Å². The predicted molar refractivity (Wildman–Crippen MR) is 105 cm³/mol. The van der Waals surface area contributed by atoms with Gasteiger partial charge >= 0.3 is 10.1 Å². The molecule has 1 aliphatic rings. The van der Waals surface area contributed by atoms with Crippen LogP contribution in [0.25, 0.3) is 0 Å². The van der Waals surface area contributed by atoms with Gasteiger partial charge in [-0.05, 0) is 63.4 Å². The molecule has 0 spiro atoms. The maximum absolute atomic E-state index is 11.9. The van der Waals surface area contributed by atoms with Crippen molar-refractivity contribution in [1.29, 1.82) is 0 Å². The molecule has 1 aromatic carbocycles. The van der Waals surface area contributed by atoms with E-state index in [-0.39, 0.29) is 5.41 Å². The van der Waals surface area contributed by atoms with Crippen molar-refractivity contribution < 1.29 is 17.3 Å². The van der Waals surface area contributed by atoms with Gasteiger partial charge in [0.15, 0.2) is 0 Å². The molecule has 2 rings (SSSR count). The van der Waals surface area contributed by atoms with E-state index < -0.39 is 14.9 Å². The van der Waals surface area contributed by atoms with Crippen LogP contribution < -0.4 is 0 Å². The van der Waals surface area contributed by atoms with Gasteiger partial charge in [-0.3, -0.25) is 0 Å². The van der Waals surface area contributed by atoms with Gasteiger partial charge in [-0.2, -0.15) is 8.42 Å². The maximum Gasteiger partial charge on any atom is 0.303 e. The molecule has 0 saturated heterocycles. The molecule has 138 valence electrons. The fourth-order valence-corrected chi connectivity index (χ4v) is 5.59. The molecule has 1 aliphatic carbocycles. The maximum atomic E-state index is 11.9. The Morgan fingerprint density at radius 2 is 1.71 bits per heavy atom. The van der Waals surface area contributed by atoms with Crippen molar-refractivity contribution in [3.63, 3.8) is 0 Å². The lowest BCUT2D eigenvalue weighted by Crippen LogP contribution is -2.40. The normalized spacial score (nSPS) is 17.8. The molecule has 1 aromatic rings. The molecule has 0 atom stereocenters. The Bertz CT molecular complexity index is 617. The molecule has 1 fully saturated rings. The molecule has 0 bridgehead atoms. The third kappa shape index (κ3) is 5.39. The van der Waals surface area contributed by atoms with Crippen molar-refractivity contribution in [3.8, 4) is 0 Å². The first kappa shape index (κ1) is 21.8. The number of benzene rings is 1. The minimum atomic E-state index is -4.00. The molecule has 0 amide bonds. The summed E-state index contributed by atoms with van der Waals surface area (Å²) in [7, 11) is -4.00. The Morgan fingerprint density at radius 3 is 2.08 bits per heavy atom. The van der Waals surface area contributed by atoms with Crippen molar-refractivity contribution in [2.45, 2.75) is 76.4 Å². The summed E-state index contributed by atoms with van der Waals surface area (Å²) in [6, 6.07) is 8.53. The molecule has 1 saturated carbocycles. The first-order valence-corrected chi connectivity index (χ1v) is 10.9. The third-order valence-electron chi connectivity index (χ3n) is 4.70. The zero-order chi connectivity index (χ0) is 18.4. The Hall–Kier alpha value is -0.210. The molecule has 0 heterocycles. The minimum absolute atomic E-state index is 0.276. The predicted octanol–water partition coefficient (Wildman–Crippen LogP) is 5.92. The van der Waals surface area contributed by atoms with Gasteiger partial charge in [0, 0.05) is 3.57 Å². The van der Waals surface area contributed by atoms with Crippen LogP contribution in [0.15, 0.2) is 24.3 Å². The highest BCUT2D eigenvalue weighted by atomic mass is 127. The average Bonchev–Trinajstić information content (AvgIpc) is 2.55. The fraction of sp³-hybridized carbons (Fsp3) is 0.667. The standard InChI is InChI=1S/C10H13I.C8H15FO3S/c1-10(2,3)8-6-4-5-7-9(8)11;1-2-8(13(10,11)12-9)6-4-3-5-7-8/h4-7H,1-3H3;2-7H2,1H3. The quantitative estimate of drug-likeness (QED) is 0.516. The Balaban J connectivity index is 0.000000243. The van der Waals surface area contributed by atoms with Gasteiger partial charge in [-0.25, -0.2) is 0 Å². The van der Waals surface area contributed by atoms with Crippen LogP contribution in [0, 0.1) is 3.57 Å². The molecule has 0 N–H and O–H groups in total. The lowest BCUT2D eigenvalue weighted by atomic mass is 9.86. The van der Waals surface area contributed by atoms with Crippen LogP contribution in [0.2, 0.25) is 0 Å². The second-order valence-electron chi connectivity index (χ2n) is 7.34. The van der Waals surface area contributed by atoms with E-state index in [9.17, 15) is 12.9 Å².